The van der Waals surface area contributed by atoms with Crippen molar-refractivity contribution < 1.29 is 4.79 Å². The Morgan fingerprint density at radius 1 is 1.23 bits per heavy atom. The molecule has 2 aromatic rings. The van der Waals surface area contributed by atoms with Gasteiger partial charge in [-0.2, -0.15) is 0 Å². The van der Waals surface area contributed by atoms with Crippen LogP contribution in [0, 0.1) is 6.92 Å². The Labute approximate surface area is 131 Å². The average Bonchev–Trinajstić information content (AvgIpc) is 2.81. The molecule has 3 nitrogen and oxygen atoms in total. The van der Waals surface area contributed by atoms with Crippen molar-refractivity contribution in [2.24, 2.45) is 5.73 Å². The summed E-state index contributed by atoms with van der Waals surface area (Å²) < 4.78 is 0. The van der Waals surface area contributed by atoms with Gasteiger partial charge in [-0.3, -0.25) is 4.79 Å². The van der Waals surface area contributed by atoms with Gasteiger partial charge in [-0.25, -0.2) is 0 Å². The van der Waals surface area contributed by atoms with Gasteiger partial charge in [0.05, 0.1) is 12.0 Å². The molecule has 1 heterocycles. The summed E-state index contributed by atoms with van der Waals surface area (Å²) in [4.78, 5) is 12.1. The summed E-state index contributed by atoms with van der Waals surface area (Å²) in [5.41, 5.74) is 13.0. The van der Waals surface area contributed by atoms with Crippen molar-refractivity contribution in [2.45, 2.75) is 39.2 Å². The summed E-state index contributed by atoms with van der Waals surface area (Å²) in [7, 11) is 0. The Bertz CT molecular complexity index is 736. The molecule has 0 radical (unpaired) electrons. The first-order chi connectivity index (χ1) is 10.5. The van der Waals surface area contributed by atoms with Crippen molar-refractivity contribution in [2.75, 3.05) is 5.32 Å². The standard InChI is InChI=1S/C19H22N2O/c1-4-13-9-15-12(3)19(22)21-18(15)16(10-13)17(20)14-8-6-5-7-11(14)2/h5-10,12,17H,4,20H2,1-3H3,(H,21,22). The van der Waals surface area contributed by atoms with Crippen LogP contribution >= 0.6 is 0 Å². The second-order valence-corrected chi connectivity index (χ2v) is 6.05. The Hall–Kier alpha value is -2.13. The van der Waals surface area contributed by atoms with Gasteiger partial charge < -0.3 is 11.1 Å². The van der Waals surface area contributed by atoms with E-state index >= 15 is 0 Å². The lowest BCUT2D eigenvalue weighted by Crippen LogP contribution is -2.16. The molecule has 0 aromatic heterocycles. The number of amides is 1. The van der Waals surface area contributed by atoms with Gasteiger partial charge in [0, 0.05) is 5.69 Å². The van der Waals surface area contributed by atoms with E-state index in [-0.39, 0.29) is 17.9 Å². The van der Waals surface area contributed by atoms with E-state index in [0.717, 1.165) is 28.8 Å². The Balaban J connectivity index is 2.15. The maximum absolute atomic E-state index is 12.1. The van der Waals surface area contributed by atoms with Gasteiger partial charge in [0.2, 0.25) is 5.91 Å². The van der Waals surface area contributed by atoms with Crippen LogP contribution in [0.3, 0.4) is 0 Å². The predicted molar refractivity (Wildman–Crippen MR) is 90.1 cm³/mol. The largest absolute Gasteiger partial charge is 0.325 e. The van der Waals surface area contributed by atoms with Crippen LogP contribution in [0.1, 0.15) is 53.6 Å². The van der Waals surface area contributed by atoms with Crippen LogP contribution in [0.5, 0.6) is 0 Å². The first-order valence-electron chi connectivity index (χ1n) is 7.81. The zero-order valence-corrected chi connectivity index (χ0v) is 13.3. The Morgan fingerprint density at radius 3 is 2.64 bits per heavy atom. The third kappa shape index (κ3) is 2.32. The fourth-order valence-electron chi connectivity index (χ4n) is 3.16. The van der Waals surface area contributed by atoms with Crippen LogP contribution in [0.2, 0.25) is 0 Å². The summed E-state index contributed by atoms with van der Waals surface area (Å²) in [6, 6.07) is 12.2. The molecule has 2 atom stereocenters. The summed E-state index contributed by atoms with van der Waals surface area (Å²) in [6.45, 7) is 6.14. The van der Waals surface area contributed by atoms with E-state index in [1.165, 1.54) is 11.1 Å². The molecule has 3 N–H and O–H groups in total. The lowest BCUT2D eigenvalue weighted by atomic mass is 9.89. The fraction of sp³-hybridized carbons (Fsp3) is 0.316. The number of nitrogens with two attached hydrogens (primary N) is 1. The molecule has 1 amide bonds. The minimum atomic E-state index is -0.230. The smallest absolute Gasteiger partial charge is 0.231 e. The van der Waals surface area contributed by atoms with Crippen molar-refractivity contribution >= 4 is 11.6 Å². The van der Waals surface area contributed by atoms with Crippen LogP contribution in [0.4, 0.5) is 5.69 Å². The highest BCUT2D eigenvalue weighted by atomic mass is 16.2. The third-order valence-electron chi connectivity index (χ3n) is 4.63. The zero-order chi connectivity index (χ0) is 15.9. The van der Waals surface area contributed by atoms with Crippen molar-refractivity contribution in [3.63, 3.8) is 0 Å². The summed E-state index contributed by atoms with van der Waals surface area (Å²) in [5.74, 6) is -0.0502. The van der Waals surface area contributed by atoms with E-state index in [1.54, 1.807) is 0 Å². The molecule has 1 aliphatic heterocycles. The highest BCUT2D eigenvalue weighted by Crippen LogP contribution is 2.40. The summed E-state index contributed by atoms with van der Waals surface area (Å²) in [6.07, 6.45) is 0.932. The number of rotatable bonds is 3. The molecule has 114 valence electrons. The molecule has 22 heavy (non-hydrogen) atoms. The van der Waals surface area contributed by atoms with Crippen LogP contribution in [-0.2, 0) is 11.2 Å². The van der Waals surface area contributed by atoms with Gasteiger partial charge in [0.25, 0.3) is 0 Å². The molecule has 1 aliphatic rings. The van der Waals surface area contributed by atoms with Gasteiger partial charge in [-0.15, -0.1) is 0 Å². The normalized spacial score (nSPS) is 18.0. The van der Waals surface area contributed by atoms with Crippen LogP contribution in [-0.4, -0.2) is 5.91 Å². The van der Waals surface area contributed by atoms with Crippen molar-refractivity contribution in [3.8, 4) is 0 Å². The average molecular weight is 294 g/mol. The molecule has 0 spiro atoms. The van der Waals surface area contributed by atoms with Crippen LogP contribution < -0.4 is 11.1 Å². The molecule has 2 unspecified atom stereocenters. The maximum atomic E-state index is 12.1. The molecule has 3 heteroatoms. The van der Waals surface area contributed by atoms with Crippen molar-refractivity contribution in [1.82, 2.24) is 0 Å². The van der Waals surface area contributed by atoms with E-state index < -0.39 is 0 Å². The first-order valence-corrected chi connectivity index (χ1v) is 7.81. The number of carbonyl (C=O) groups excluding carboxylic acids is 1. The molecule has 2 aromatic carbocycles. The van der Waals surface area contributed by atoms with Gasteiger partial charge in [0.1, 0.15) is 0 Å². The van der Waals surface area contributed by atoms with Gasteiger partial charge >= 0.3 is 0 Å². The van der Waals surface area contributed by atoms with Crippen LogP contribution in [0.25, 0.3) is 0 Å². The molecule has 3 rings (SSSR count). The third-order valence-corrected chi connectivity index (χ3v) is 4.63. The molecule has 0 saturated heterocycles. The van der Waals surface area contributed by atoms with E-state index in [1.807, 2.05) is 19.1 Å². The minimum absolute atomic E-state index is 0.0569. The molecular weight excluding hydrogens is 272 g/mol. The van der Waals surface area contributed by atoms with E-state index in [0.29, 0.717) is 0 Å². The number of anilines is 1. The van der Waals surface area contributed by atoms with Gasteiger partial charge in [-0.05, 0) is 48.1 Å². The lowest BCUT2D eigenvalue weighted by Gasteiger charge is -2.19. The van der Waals surface area contributed by atoms with Gasteiger partial charge in [0.15, 0.2) is 0 Å². The molecule has 0 aliphatic carbocycles. The summed E-state index contributed by atoms with van der Waals surface area (Å²) in [5, 5.41) is 3.02. The number of hydrogen-bond donors (Lipinski definition) is 2. The number of benzene rings is 2. The van der Waals surface area contributed by atoms with Crippen molar-refractivity contribution in [3.05, 3.63) is 64.2 Å². The molecule has 0 bridgehead atoms. The van der Waals surface area contributed by atoms with E-state index in [4.69, 9.17) is 5.73 Å². The van der Waals surface area contributed by atoms with Crippen molar-refractivity contribution in [1.29, 1.82) is 0 Å². The number of fused-ring (bicyclic) bond motifs is 1. The monoisotopic (exact) mass is 294 g/mol. The molecule has 0 saturated carbocycles. The Kier molecular flexibility index (Phi) is 3.75. The van der Waals surface area contributed by atoms with Gasteiger partial charge in [-0.1, -0.05) is 43.3 Å². The molecule has 0 fully saturated rings. The zero-order valence-electron chi connectivity index (χ0n) is 13.3. The number of aryl methyl sites for hydroxylation is 2. The predicted octanol–water partition coefficient (Wildman–Crippen LogP) is 3.66. The van der Waals surface area contributed by atoms with E-state index in [2.05, 4.69) is 43.4 Å². The molecular formula is C19H22N2O. The second kappa shape index (κ2) is 5.58. The maximum Gasteiger partial charge on any atom is 0.231 e. The topological polar surface area (TPSA) is 55.1 Å². The lowest BCUT2D eigenvalue weighted by molar-refractivity contribution is -0.116. The van der Waals surface area contributed by atoms with E-state index in [9.17, 15) is 4.79 Å². The minimum Gasteiger partial charge on any atom is -0.325 e. The highest BCUT2D eigenvalue weighted by molar-refractivity contribution is 6.03. The highest BCUT2D eigenvalue weighted by Gasteiger charge is 2.31. The second-order valence-electron chi connectivity index (χ2n) is 6.05. The number of nitrogens with one attached hydrogen (secondary N) is 1. The number of hydrogen-bond acceptors (Lipinski definition) is 2. The quantitative estimate of drug-likeness (QED) is 0.907. The van der Waals surface area contributed by atoms with Crippen LogP contribution in [0.15, 0.2) is 36.4 Å². The fourth-order valence-corrected chi connectivity index (χ4v) is 3.16. The first kappa shape index (κ1) is 14.8. The SMILES string of the molecule is CCc1cc2c(c(C(N)c3ccccc3C)c1)NC(=O)C2C. The Morgan fingerprint density at radius 2 is 1.95 bits per heavy atom. The summed E-state index contributed by atoms with van der Waals surface area (Å²) >= 11 is 0. The number of carbonyl (C=O) groups is 1.